The number of aryl methyl sites for hydroxylation is 2. The number of hydrazine groups is 1. The first-order chi connectivity index (χ1) is 8.78. The molecule has 0 unspecified atom stereocenters. The average Bonchev–Trinajstić information content (AvgIpc) is 2.85. The molecule has 0 bridgehead atoms. The van der Waals surface area contributed by atoms with E-state index in [9.17, 15) is 0 Å². The molecule has 1 aliphatic carbocycles. The van der Waals surface area contributed by atoms with E-state index in [1.165, 1.54) is 11.1 Å². The quantitative estimate of drug-likeness (QED) is 0.624. The second-order valence-corrected chi connectivity index (χ2v) is 4.69. The summed E-state index contributed by atoms with van der Waals surface area (Å²) in [6, 6.07) is 8.22. The van der Waals surface area contributed by atoms with Crippen molar-refractivity contribution in [1.29, 1.82) is 0 Å². The number of nitrogen functional groups attached to an aromatic ring is 1. The van der Waals surface area contributed by atoms with Gasteiger partial charge < -0.3 is 5.43 Å². The molecule has 1 heterocycles. The Morgan fingerprint density at radius 3 is 2.89 bits per heavy atom. The van der Waals surface area contributed by atoms with Gasteiger partial charge in [0.2, 0.25) is 0 Å². The number of rotatable bonds is 2. The largest absolute Gasteiger partial charge is 0.308 e. The van der Waals surface area contributed by atoms with E-state index in [4.69, 9.17) is 5.84 Å². The maximum atomic E-state index is 5.56. The molecule has 0 amide bonds. The minimum absolute atomic E-state index is 0.757. The third-order valence-corrected chi connectivity index (χ3v) is 3.35. The Hall–Kier alpha value is -1.94. The number of anilines is 1. The first-order valence-electron chi connectivity index (χ1n) is 6.21. The number of hydrogen-bond acceptors (Lipinski definition) is 4. The lowest BCUT2D eigenvalue weighted by atomic mass is 10.1. The lowest BCUT2D eigenvalue weighted by Gasteiger charge is -2.09. The van der Waals surface area contributed by atoms with Crippen molar-refractivity contribution in [3.05, 3.63) is 41.1 Å². The Labute approximate surface area is 106 Å². The molecule has 1 aliphatic rings. The Morgan fingerprint density at radius 1 is 1.22 bits per heavy atom. The number of nitrogens with zero attached hydrogens (tertiary/aromatic N) is 2. The first kappa shape index (κ1) is 11.2. The van der Waals surface area contributed by atoms with Gasteiger partial charge in [0.25, 0.3) is 0 Å². The van der Waals surface area contributed by atoms with Gasteiger partial charge in [0, 0.05) is 16.8 Å². The number of fused-ring (bicyclic) bond motifs is 1. The van der Waals surface area contributed by atoms with Crippen LogP contribution >= 0.6 is 0 Å². The van der Waals surface area contributed by atoms with Crippen molar-refractivity contribution in [3.63, 3.8) is 0 Å². The third-order valence-electron chi connectivity index (χ3n) is 3.35. The lowest BCUT2D eigenvalue weighted by molar-refractivity contribution is 0.900. The van der Waals surface area contributed by atoms with Gasteiger partial charge in [0.1, 0.15) is 5.82 Å². The van der Waals surface area contributed by atoms with Crippen molar-refractivity contribution in [2.24, 2.45) is 5.84 Å². The number of benzene rings is 1. The molecule has 0 aliphatic heterocycles. The van der Waals surface area contributed by atoms with Crippen molar-refractivity contribution in [3.8, 4) is 11.4 Å². The standard InChI is InChI=1S/C14H16N4/c1-9-4-2-5-10(8-9)13-16-12-7-3-6-11(12)14(17-13)18-15/h2,4-5,8H,3,6-7,15H2,1H3,(H,16,17,18). The van der Waals surface area contributed by atoms with E-state index in [1.54, 1.807) is 0 Å². The van der Waals surface area contributed by atoms with E-state index in [2.05, 4.69) is 34.5 Å². The second kappa shape index (κ2) is 4.38. The van der Waals surface area contributed by atoms with E-state index in [-0.39, 0.29) is 0 Å². The van der Waals surface area contributed by atoms with Gasteiger partial charge in [-0.25, -0.2) is 15.8 Å². The minimum Gasteiger partial charge on any atom is -0.308 e. The van der Waals surface area contributed by atoms with Crippen LogP contribution in [-0.2, 0) is 12.8 Å². The van der Waals surface area contributed by atoms with Crippen LogP contribution in [0.4, 0.5) is 5.82 Å². The van der Waals surface area contributed by atoms with Crippen molar-refractivity contribution in [2.75, 3.05) is 5.43 Å². The zero-order chi connectivity index (χ0) is 12.5. The molecular formula is C14H16N4. The molecular weight excluding hydrogens is 224 g/mol. The first-order valence-corrected chi connectivity index (χ1v) is 6.21. The van der Waals surface area contributed by atoms with Gasteiger partial charge in [-0.3, -0.25) is 0 Å². The molecule has 1 aromatic heterocycles. The zero-order valence-corrected chi connectivity index (χ0v) is 10.4. The van der Waals surface area contributed by atoms with Crippen LogP contribution in [0.5, 0.6) is 0 Å². The summed E-state index contributed by atoms with van der Waals surface area (Å²) in [6.45, 7) is 2.07. The summed E-state index contributed by atoms with van der Waals surface area (Å²) in [5, 5.41) is 0. The average molecular weight is 240 g/mol. The highest BCUT2D eigenvalue weighted by Gasteiger charge is 2.19. The molecule has 4 heteroatoms. The van der Waals surface area contributed by atoms with Crippen LogP contribution in [-0.4, -0.2) is 9.97 Å². The van der Waals surface area contributed by atoms with Crippen LogP contribution in [0.25, 0.3) is 11.4 Å². The smallest absolute Gasteiger partial charge is 0.161 e. The lowest BCUT2D eigenvalue weighted by Crippen LogP contribution is -2.12. The van der Waals surface area contributed by atoms with Gasteiger partial charge >= 0.3 is 0 Å². The molecule has 0 saturated heterocycles. The minimum atomic E-state index is 0.757. The molecule has 18 heavy (non-hydrogen) atoms. The summed E-state index contributed by atoms with van der Waals surface area (Å²) < 4.78 is 0. The number of nitrogens with one attached hydrogen (secondary N) is 1. The van der Waals surface area contributed by atoms with Crippen molar-refractivity contribution >= 4 is 5.82 Å². The predicted molar refractivity (Wildman–Crippen MR) is 72.0 cm³/mol. The van der Waals surface area contributed by atoms with Gasteiger partial charge in [-0.1, -0.05) is 23.8 Å². The molecule has 0 atom stereocenters. The molecule has 0 saturated carbocycles. The van der Waals surface area contributed by atoms with Crippen LogP contribution in [0.15, 0.2) is 24.3 Å². The van der Waals surface area contributed by atoms with E-state index >= 15 is 0 Å². The van der Waals surface area contributed by atoms with Crippen LogP contribution in [0, 0.1) is 6.92 Å². The number of hydrogen-bond donors (Lipinski definition) is 2. The SMILES string of the molecule is Cc1cccc(-c2nc3c(c(NN)n2)CCC3)c1. The van der Waals surface area contributed by atoms with Crippen molar-refractivity contribution in [1.82, 2.24) is 9.97 Å². The summed E-state index contributed by atoms with van der Waals surface area (Å²) in [6.07, 6.45) is 3.17. The molecule has 0 spiro atoms. The fraction of sp³-hybridized carbons (Fsp3) is 0.286. The molecule has 2 aromatic rings. The summed E-state index contributed by atoms with van der Waals surface area (Å²) in [7, 11) is 0. The molecule has 0 radical (unpaired) electrons. The fourth-order valence-corrected chi connectivity index (χ4v) is 2.47. The van der Waals surface area contributed by atoms with E-state index in [1.807, 2.05) is 12.1 Å². The molecule has 3 N–H and O–H groups in total. The van der Waals surface area contributed by atoms with E-state index in [0.29, 0.717) is 0 Å². The van der Waals surface area contributed by atoms with Gasteiger partial charge in [-0.2, -0.15) is 0 Å². The van der Waals surface area contributed by atoms with Crippen molar-refractivity contribution < 1.29 is 0 Å². The highest BCUT2D eigenvalue weighted by molar-refractivity contribution is 5.61. The maximum Gasteiger partial charge on any atom is 0.161 e. The summed E-state index contributed by atoms with van der Waals surface area (Å²) in [5.41, 5.74) is 7.26. The summed E-state index contributed by atoms with van der Waals surface area (Å²) in [4.78, 5) is 9.19. The topological polar surface area (TPSA) is 63.8 Å². The van der Waals surface area contributed by atoms with Crippen LogP contribution in [0.2, 0.25) is 0 Å². The van der Waals surface area contributed by atoms with E-state index in [0.717, 1.165) is 42.2 Å². The fourth-order valence-electron chi connectivity index (χ4n) is 2.47. The second-order valence-electron chi connectivity index (χ2n) is 4.69. The molecule has 1 aromatic carbocycles. The summed E-state index contributed by atoms with van der Waals surface area (Å²) in [5.74, 6) is 7.09. The Kier molecular flexibility index (Phi) is 2.72. The van der Waals surface area contributed by atoms with Crippen molar-refractivity contribution in [2.45, 2.75) is 26.2 Å². The third kappa shape index (κ3) is 1.84. The molecule has 3 rings (SSSR count). The van der Waals surface area contributed by atoms with Crippen LogP contribution < -0.4 is 11.3 Å². The number of aromatic nitrogens is 2. The van der Waals surface area contributed by atoms with Crippen LogP contribution in [0.3, 0.4) is 0 Å². The molecule has 0 fully saturated rings. The highest BCUT2D eigenvalue weighted by atomic mass is 15.3. The zero-order valence-electron chi connectivity index (χ0n) is 10.4. The number of nitrogens with two attached hydrogens (primary N) is 1. The van der Waals surface area contributed by atoms with Gasteiger partial charge in [-0.15, -0.1) is 0 Å². The monoisotopic (exact) mass is 240 g/mol. The normalized spacial score (nSPS) is 13.4. The van der Waals surface area contributed by atoms with Crippen LogP contribution in [0.1, 0.15) is 23.2 Å². The predicted octanol–water partition coefficient (Wildman–Crippen LogP) is 2.23. The molecule has 92 valence electrons. The Balaban J connectivity index is 2.13. The van der Waals surface area contributed by atoms with Gasteiger partial charge in [0.15, 0.2) is 5.82 Å². The van der Waals surface area contributed by atoms with E-state index < -0.39 is 0 Å². The van der Waals surface area contributed by atoms with Gasteiger partial charge in [0.05, 0.1) is 0 Å². The molecule has 4 nitrogen and oxygen atoms in total. The highest BCUT2D eigenvalue weighted by Crippen LogP contribution is 2.28. The summed E-state index contributed by atoms with van der Waals surface area (Å²) >= 11 is 0. The Bertz CT molecular complexity index is 592. The Morgan fingerprint density at radius 2 is 2.11 bits per heavy atom. The maximum absolute atomic E-state index is 5.56. The van der Waals surface area contributed by atoms with Gasteiger partial charge in [-0.05, 0) is 32.3 Å².